The van der Waals surface area contributed by atoms with Crippen molar-refractivity contribution in [1.82, 2.24) is 15.1 Å². The molecule has 1 spiro atoms. The van der Waals surface area contributed by atoms with Crippen LogP contribution in [0.3, 0.4) is 0 Å². The zero-order chi connectivity index (χ0) is 20.4. The summed E-state index contributed by atoms with van der Waals surface area (Å²) < 4.78 is 10.6. The third-order valence-corrected chi connectivity index (χ3v) is 6.83. The molecule has 9 heteroatoms. The normalized spacial score (nSPS) is 19.4. The molecule has 2 aliphatic rings. The van der Waals surface area contributed by atoms with Crippen LogP contribution in [0.2, 0.25) is 0 Å². The van der Waals surface area contributed by atoms with Gasteiger partial charge in [0.15, 0.2) is 10.8 Å². The summed E-state index contributed by atoms with van der Waals surface area (Å²) in [6, 6.07) is 7.23. The zero-order valence-electron chi connectivity index (χ0n) is 16.5. The number of Topliss-reactive ketones (excluding diaryl/α,β-unsaturated/α-hetero) is 1. The van der Waals surface area contributed by atoms with Crippen LogP contribution >= 0.6 is 11.8 Å². The number of thioether (sulfide) groups is 1. The third-order valence-electron chi connectivity index (χ3n) is 5.34. The van der Waals surface area contributed by atoms with Crippen molar-refractivity contribution in [2.75, 3.05) is 18.6 Å². The SMILES string of the molecule is CCOC(=O)c1nnn2c1SC(C(=O)c1ccc(OCC)cc1)C1(CCCC1)N2. The van der Waals surface area contributed by atoms with Crippen molar-refractivity contribution >= 4 is 23.5 Å². The number of esters is 1. The van der Waals surface area contributed by atoms with E-state index in [0.29, 0.717) is 17.2 Å². The molecular weight excluding hydrogens is 392 g/mol. The second-order valence-electron chi connectivity index (χ2n) is 7.17. The fraction of sp³-hybridized carbons (Fsp3) is 0.500. The fourth-order valence-electron chi connectivity index (χ4n) is 3.99. The van der Waals surface area contributed by atoms with Gasteiger partial charge in [0.2, 0.25) is 5.69 Å². The van der Waals surface area contributed by atoms with Gasteiger partial charge in [0.1, 0.15) is 5.75 Å². The number of nitrogens with one attached hydrogen (secondary N) is 1. The number of ketones is 1. The highest BCUT2D eigenvalue weighted by molar-refractivity contribution is 8.00. The van der Waals surface area contributed by atoms with E-state index in [2.05, 4.69) is 15.7 Å². The first-order valence-corrected chi connectivity index (χ1v) is 10.8. The minimum absolute atomic E-state index is 0.0229. The Bertz CT molecular complexity index is 906. The summed E-state index contributed by atoms with van der Waals surface area (Å²) in [6.45, 7) is 4.49. The molecule has 1 atom stereocenters. The van der Waals surface area contributed by atoms with E-state index in [-0.39, 0.29) is 23.3 Å². The predicted octanol–water partition coefficient (Wildman–Crippen LogP) is 3.07. The highest BCUT2D eigenvalue weighted by Crippen LogP contribution is 2.46. The Kier molecular flexibility index (Phi) is 5.49. The molecule has 1 aromatic carbocycles. The molecule has 0 amide bonds. The number of hydrogen-bond donors (Lipinski definition) is 1. The predicted molar refractivity (Wildman–Crippen MR) is 108 cm³/mol. The first-order valence-electron chi connectivity index (χ1n) is 9.92. The molecule has 1 aliphatic carbocycles. The molecule has 2 aromatic rings. The lowest BCUT2D eigenvalue weighted by Crippen LogP contribution is -2.55. The van der Waals surface area contributed by atoms with Crippen LogP contribution in [0.4, 0.5) is 0 Å². The van der Waals surface area contributed by atoms with E-state index < -0.39 is 11.5 Å². The number of fused-ring (bicyclic) bond motifs is 1. The van der Waals surface area contributed by atoms with Crippen LogP contribution in [0.25, 0.3) is 0 Å². The van der Waals surface area contributed by atoms with Crippen LogP contribution in [0.15, 0.2) is 29.3 Å². The lowest BCUT2D eigenvalue weighted by atomic mass is 9.88. The summed E-state index contributed by atoms with van der Waals surface area (Å²) >= 11 is 1.35. The van der Waals surface area contributed by atoms with Gasteiger partial charge in [0.25, 0.3) is 0 Å². The van der Waals surface area contributed by atoms with Crippen LogP contribution in [0, 0.1) is 0 Å². The minimum atomic E-state index is -0.530. The number of hydrogen-bond acceptors (Lipinski definition) is 8. The van der Waals surface area contributed by atoms with Gasteiger partial charge in [-0.25, -0.2) is 4.79 Å². The number of rotatable bonds is 6. The fourth-order valence-corrected chi connectivity index (χ4v) is 5.39. The van der Waals surface area contributed by atoms with Crippen molar-refractivity contribution in [3.63, 3.8) is 0 Å². The Labute approximate surface area is 173 Å². The van der Waals surface area contributed by atoms with Gasteiger partial charge in [-0.3, -0.25) is 10.2 Å². The van der Waals surface area contributed by atoms with Gasteiger partial charge >= 0.3 is 5.97 Å². The first-order chi connectivity index (χ1) is 14.1. The molecule has 1 N–H and O–H groups in total. The summed E-state index contributed by atoms with van der Waals surface area (Å²) in [5.74, 6) is 0.230. The van der Waals surface area contributed by atoms with Crippen molar-refractivity contribution < 1.29 is 19.1 Å². The minimum Gasteiger partial charge on any atom is -0.494 e. The van der Waals surface area contributed by atoms with Crippen molar-refractivity contribution in [3.05, 3.63) is 35.5 Å². The van der Waals surface area contributed by atoms with Crippen LogP contribution in [-0.4, -0.2) is 50.9 Å². The Morgan fingerprint density at radius 2 is 1.93 bits per heavy atom. The summed E-state index contributed by atoms with van der Waals surface area (Å²) in [5, 5.41) is 8.21. The van der Waals surface area contributed by atoms with E-state index in [1.807, 2.05) is 19.1 Å². The van der Waals surface area contributed by atoms with Gasteiger partial charge < -0.3 is 9.47 Å². The molecule has 0 radical (unpaired) electrons. The number of ether oxygens (including phenoxy) is 2. The van der Waals surface area contributed by atoms with Crippen molar-refractivity contribution in [2.24, 2.45) is 0 Å². The largest absolute Gasteiger partial charge is 0.494 e. The smallest absolute Gasteiger partial charge is 0.361 e. The van der Waals surface area contributed by atoms with Gasteiger partial charge in [0.05, 0.1) is 24.0 Å². The van der Waals surface area contributed by atoms with Crippen LogP contribution in [0.1, 0.15) is 60.4 Å². The Morgan fingerprint density at radius 3 is 2.59 bits per heavy atom. The van der Waals surface area contributed by atoms with E-state index >= 15 is 0 Å². The van der Waals surface area contributed by atoms with E-state index in [1.165, 1.54) is 16.6 Å². The van der Waals surface area contributed by atoms with Crippen LogP contribution in [0.5, 0.6) is 5.75 Å². The summed E-state index contributed by atoms with van der Waals surface area (Å²) in [6.07, 6.45) is 3.80. The molecule has 1 saturated carbocycles. The van der Waals surface area contributed by atoms with E-state index in [1.54, 1.807) is 19.1 Å². The maximum absolute atomic E-state index is 13.5. The first kappa shape index (κ1) is 19.8. The highest BCUT2D eigenvalue weighted by Gasteiger charge is 2.50. The third kappa shape index (κ3) is 3.59. The molecule has 29 heavy (non-hydrogen) atoms. The van der Waals surface area contributed by atoms with Gasteiger partial charge in [-0.05, 0) is 56.2 Å². The van der Waals surface area contributed by atoms with Crippen molar-refractivity contribution in [2.45, 2.75) is 55.3 Å². The number of nitrogens with zero attached hydrogens (tertiary/aromatic N) is 3. The number of carbonyl (C=O) groups is 2. The van der Waals surface area contributed by atoms with Gasteiger partial charge in [-0.15, -0.1) is 5.10 Å². The van der Waals surface area contributed by atoms with Crippen LogP contribution < -0.4 is 10.2 Å². The molecule has 0 saturated heterocycles. The van der Waals surface area contributed by atoms with Crippen molar-refractivity contribution in [1.29, 1.82) is 0 Å². The lowest BCUT2D eigenvalue weighted by Gasteiger charge is -2.41. The zero-order valence-corrected chi connectivity index (χ0v) is 17.3. The van der Waals surface area contributed by atoms with Gasteiger partial charge in [-0.1, -0.05) is 24.6 Å². The molecule has 1 aromatic heterocycles. The topological polar surface area (TPSA) is 95.3 Å². The Morgan fingerprint density at radius 1 is 1.21 bits per heavy atom. The number of carbonyl (C=O) groups excluding carboxylic acids is 2. The van der Waals surface area contributed by atoms with Gasteiger partial charge in [0, 0.05) is 5.56 Å². The molecular formula is C20H24N4O4S. The van der Waals surface area contributed by atoms with Crippen LogP contribution in [-0.2, 0) is 4.74 Å². The maximum Gasteiger partial charge on any atom is 0.361 e. The molecule has 4 rings (SSSR count). The maximum atomic E-state index is 13.5. The second-order valence-corrected chi connectivity index (χ2v) is 8.26. The molecule has 0 bridgehead atoms. The monoisotopic (exact) mass is 416 g/mol. The number of aromatic nitrogens is 3. The Balaban J connectivity index is 1.67. The average Bonchev–Trinajstić information content (AvgIpc) is 3.35. The molecule has 8 nitrogen and oxygen atoms in total. The summed E-state index contributed by atoms with van der Waals surface area (Å²) in [5.41, 5.74) is 3.74. The van der Waals surface area contributed by atoms with E-state index in [0.717, 1.165) is 31.4 Å². The molecule has 1 aliphatic heterocycles. The van der Waals surface area contributed by atoms with Crippen molar-refractivity contribution in [3.8, 4) is 5.75 Å². The number of benzene rings is 1. The highest BCUT2D eigenvalue weighted by atomic mass is 32.2. The summed E-state index contributed by atoms with van der Waals surface area (Å²) in [7, 11) is 0. The Hall–Kier alpha value is -2.55. The molecule has 154 valence electrons. The second kappa shape index (κ2) is 8.06. The lowest BCUT2D eigenvalue weighted by molar-refractivity contribution is 0.0514. The molecule has 2 heterocycles. The molecule has 1 unspecified atom stereocenters. The summed E-state index contributed by atoms with van der Waals surface area (Å²) in [4.78, 5) is 27.3. The molecule has 1 fully saturated rings. The van der Waals surface area contributed by atoms with E-state index in [4.69, 9.17) is 9.47 Å². The standard InChI is InChI=1S/C20H24N4O4S/c1-3-27-14-9-7-13(8-10-14)16(25)17-20(11-5-6-12-20)22-24-18(29-17)15(21-23-24)19(26)28-4-2/h7-10,17,22H,3-6,11-12H2,1-2H3. The average molecular weight is 417 g/mol. The quantitative estimate of drug-likeness (QED) is 0.567. The van der Waals surface area contributed by atoms with E-state index in [9.17, 15) is 9.59 Å². The van der Waals surface area contributed by atoms with Gasteiger partial charge in [-0.2, -0.15) is 4.79 Å².